The fourth-order valence-corrected chi connectivity index (χ4v) is 2.37. The number of non-ortho nitro benzene ring substituents is 1. The van der Waals surface area contributed by atoms with Gasteiger partial charge in [0.1, 0.15) is 0 Å². The van der Waals surface area contributed by atoms with Crippen LogP contribution in [0.25, 0.3) is 10.9 Å². The van der Waals surface area contributed by atoms with Gasteiger partial charge in [0.15, 0.2) is 0 Å². The Labute approximate surface area is 118 Å². The number of pyridine rings is 1. The summed E-state index contributed by atoms with van der Waals surface area (Å²) in [7, 11) is 0. The fourth-order valence-electron chi connectivity index (χ4n) is 2.06. The minimum absolute atomic E-state index is 0.0385. The van der Waals surface area contributed by atoms with Crippen molar-refractivity contribution >= 4 is 28.2 Å². The predicted molar refractivity (Wildman–Crippen MR) is 74.7 cm³/mol. The van der Waals surface area contributed by atoms with Gasteiger partial charge in [-0.2, -0.15) is 5.10 Å². The number of nitro groups is 1. The van der Waals surface area contributed by atoms with E-state index in [0.29, 0.717) is 22.5 Å². The van der Waals surface area contributed by atoms with Crippen LogP contribution in [0.5, 0.6) is 0 Å². The summed E-state index contributed by atoms with van der Waals surface area (Å²) in [6, 6.07) is 6.58. The molecule has 3 rings (SSSR count). The second-order valence-corrected chi connectivity index (χ2v) is 4.69. The van der Waals surface area contributed by atoms with Gasteiger partial charge < -0.3 is 0 Å². The molecular weight excluding hydrogens is 280 g/mol. The van der Waals surface area contributed by atoms with E-state index < -0.39 is 4.92 Å². The maximum atomic E-state index is 10.8. The first-order chi connectivity index (χ1) is 9.65. The van der Waals surface area contributed by atoms with E-state index in [1.54, 1.807) is 23.3 Å². The predicted octanol–water partition coefficient (Wildman–Crippen LogP) is 3.04. The molecule has 3 aromatic rings. The Morgan fingerprint density at radius 1 is 1.35 bits per heavy atom. The van der Waals surface area contributed by atoms with Gasteiger partial charge in [-0.05, 0) is 11.6 Å². The van der Waals surface area contributed by atoms with Crippen LogP contribution in [0.3, 0.4) is 0 Å². The van der Waals surface area contributed by atoms with Crippen molar-refractivity contribution in [3.8, 4) is 0 Å². The number of aromatic nitrogens is 3. The standard InChI is InChI=1S/C13H9ClN4O2/c14-12-5-11(18(19)20)4-10-7-16-17(13(10)12)8-9-2-1-3-15-6-9/h1-7H,8H2. The Hall–Kier alpha value is -2.47. The van der Waals surface area contributed by atoms with Crippen molar-refractivity contribution in [3.63, 3.8) is 0 Å². The first-order valence-corrected chi connectivity index (χ1v) is 6.21. The zero-order valence-corrected chi connectivity index (χ0v) is 11.0. The fraction of sp³-hybridized carbons (Fsp3) is 0.0769. The second kappa shape index (κ2) is 4.90. The number of fused-ring (bicyclic) bond motifs is 1. The van der Waals surface area contributed by atoms with E-state index in [1.807, 2.05) is 12.1 Å². The van der Waals surface area contributed by atoms with Crippen molar-refractivity contribution < 1.29 is 4.92 Å². The van der Waals surface area contributed by atoms with Crippen molar-refractivity contribution in [1.29, 1.82) is 0 Å². The lowest BCUT2D eigenvalue weighted by molar-refractivity contribution is -0.384. The Morgan fingerprint density at radius 2 is 2.20 bits per heavy atom. The molecule has 0 radical (unpaired) electrons. The maximum absolute atomic E-state index is 10.8. The minimum Gasteiger partial charge on any atom is -0.264 e. The molecule has 2 heterocycles. The number of benzene rings is 1. The van der Waals surface area contributed by atoms with Crippen LogP contribution in [0.4, 0.5) is 5.69 Å². The van der Waals surface area contributed by atoms with E-state index in [0.717, 1.165) is 5.56 Å². The summed E-state index contributed by atoms with van der Waals surface area (Å²) in [6.07, 6.45) is 5.01. The van der Waals surface area contributed by atoms with Crippen LogP contribution in [-0.2, 0) is 6.54 Å². The Balaban J connectivity index is 2.07. The quantitative estimate of drug-likeness (QED) is 0.548. The zero-order chi connectivity index (χ0) is 14.1. The first kappa shape index (κ1) is 12.6. The van der Waals surface area contributed by atoms with Gasteiger partial charge in [-0.1, -0.05) is 17.7 Å². The molecule has 1 aromatic carbocycles. The van der Waals surface area contributed by atoms with Crippen molar-refractivity contribution in [2.24, 2.45) is 0 Å². The molecule has 20 heavy (non-hydrogen) atoms. The van der Waals surface area contributed by atoms with E-state index in [9.17, 15) is 10.1 Å². The minimum atomic E-state index is -0.468. The number of halogens is 1. The highest BCUT2D eigenvalue weighted by Crippen LogP contribution is 2.29. The highest BCUT2D eigenvalue weighted by atomic mass is 35.5. The second-order valence-electron chi connectivity index (χ2n) is 4.29. The SMILES string of the molecule is O=[N+]([O-])c1cc(Cl)c2c(cnn2Cc2cccnc2)c1. The number of hydrogen-bond donors (Lipinski definition) is 0. The molecule has 0 unspecified atom stereocenters. The molecule has 6 nitrogen and oxygen atoms in total. The van der Waals surface area contributed by atoms with Gasteiger partial charge in [-0.15, -0.1) is 0 Å². The highest BCUT2D eigenvalue weighted by molar-refractivity contribution is 6.35. The molecule has 0 fully saturated rings. The highest BCUT2D eigenvalue weighted by Gasteiger charge is 2.14. The molecule has 0 aliphatic heterocycles. The lowest BCUT2D eigenvalue weighted by Crippen LogP contribution is -2.02. The summed E-state index contributed by atoms with van der Waals surface area (Å²) in [5.74, 6) is 0. The average molecular weight is 289 g/mol. The van der Waals surface area contributed by atoms with Crippen LogP contribution in [0.2, 0.25) is 5.02 Å². The van der Waals surface area contributed by atoms with E-state index >= 15 is 0 Å². The third kappa shape index (κ3) is 2.21. The summed E-state index contributed by atoms with van der Waals surface area (Å²) >= 11 is 6.14. The van der Waals surface area contributed by atoms with Gasteiger partial charge in [0.25, 0.3) is 5.69 Å². The van der Waals surface area contributed by atoms with E-state index in [4.69, 9.17) is 11.6 Å². The van der Waals surface area contributed by atoms with Crippen molar-refractivity contribution in [2.75, 3.05) is 0 Å². The summed E-state index contributed by atoms with van der Waals surface area (Å²) in [4.78, 5) is 14.4. The van der Waals surface area contributed by atoms with E-state index in [2.05, 4.69) is 10.1 Å². The lowest BCUT2D eigenvalue weighted by atomic mass is 10.2. The zero-order valence-electron chi connectivity index (χ0n) is 10.2. The van der Waals surface area contributed by atoms with Gasteiger partial charge in [0.2, 0.25) is 0 Å². The van der Waals surface area contributed by atoms with Crippen molar-refractivity contribution in [3.05, 3.63) is 63.6 Å². The van der Waals surface area contributed by atoms with Crippen LogP contribution in [0.1, 0.15) is 5.56 Å². The molecular formula is C13H9ClN4O2. The molecule has 0 amide bonds. The molecule has 0 saturated heterocycles. The molecule has 0 N–H and O–H groups in total. The third-order valence-corrected chi connectivity index (χ3v) is 3.23. The molecule has 100 valence electrons. The summed E-state index contributed by atoms with van der Waals surface area (Å²) in [5, 5.41) is 16.0. The van der Waals surface area contributed by atoms with Crippen LogP contribution in [0.15, 0.2) is 42.9 Å². The summed E-state index contributed by atoms with van der Waals surface area (Å²) in [5.41, 5.74) is 1.62. The molecule has 0 atom stereocenters. The van der Waals surface area contributed by atoms with Crippen LogP contribution >= 0.6 is 11.6 Å². The normalized spacial score (nSPS) is 10.8. The van der Waals surface area contributed by atoms with Crippen molar-refractivity contribution in [2.45, 2.75) is 6.54 Å². The molecule has 2 aromatic heterocycles. The topological polar surface area (TPSA) is 73.8 Å². The smallest absolute Gasteiger partial charge is 0.264 e. The molecule has 0 bridgehead atoms. The van der Waals surface area contributed by atoms with Gasteiger partial charge in [0, 0.05) is 29.9 Å². The number of nitrogens with zero attached hydrogens (tertiary/aromatic N) is 4. The Kier molecular flexibility index (Phi) is 3.08. The van der Waals surface area contributed by atoms with Gasteiger partial charge in [0.05, 0.1) is 28.2 Å². The Morgan fingerprint density at radius 3 is 2.90 bits per heavy atom. The number of nitro benzene ring substituents is 1. The van der Waals surface area contributed by atoms with Crippen LogP contribution < -0.4 is 0 Å². The van der Waals surface area contributed by atoms with Gasteiger partial charge in [-0.25, -0.2) is 0 Å². The lowest BCUT2D eigenvalue weighted by Gasteiger charge is -2.04. The number of rotatable bonds is 3. The average Bonchev–Trinajstić information content (AvgIpc) is 2.83. The molecule has 0 aliphatic carbocycles. The summed E-state index contributed by atoms with van der Waals surface area (Å²) in [6.45, 7) is 0.509. The molecule has 0 aliphatic rings. The van der Waals surface area contributed by atoms with Crippen molar-refractivity contribution in [1.82, 2.24) is 14.8 Å². The maximum Gasteiger partial charge on any atom is 0.271 e. The Bertz CT molecular complexity index is 786. The third-order valence-electron chi connectivity index (χ3n) is 2.94. The van der Waals surface area contributed by atoms with E-state index in [-0.39, 0.29) is 5.69 Å². The molecule has 0 saturated carbocycles. The van der Waals surface area contributed by atoms with E-state index in [1.165, 1.54) is 12.1 Å². The van der Waals surface area contributed by atoms with Crippen LogP contribution in [-0.4, -0.2) is 19.7 Å². The van der Waals surface area contributed by atoms with Gasteiger partial charge >= 0.3 is 0 Å². The van der Waals surface area contributed by atoms with Crippen LogP contribution in [0, 0.1) is 10.1 Å². The summed E-state index contributed by atoms with van der Waals surface area (Å²) < 4.78 is 1.71. The largest absolute Gasteiger partial charge is 0.271 e. The number of hydrogen-bond acceptors (Lipinski definition) is 4. The first-order valence-electron chi connectivity index (χ1n) is 5.83. The monoisotopic (exact) mass is 288 g/mol. The van der Waals surface area contributed by atoms with Gasteiger partial charge in [-0.3, -0.25) is 19.8 Å². The molecule has 7 heteroatoms. The molecule has 0 spiro atoms.